The molecule has 4 nitrogen and oxygen atoms in total. The van der Waals surface area contributed by atoms with Crippen molar-refractivity contribution in [1.29, 1.82) is 0 Å². The maximum atomic E-state index is 10.9. The molecule has 0 aliphatic rings. The summed E-state index contributed by atoms with van der Waals surface area (Å²) in [7, 11) is 0. The van der Waals surface area contributed by atoms with Gasteiger partial charge in [0.1, 0.15) is 5.78 Å². The van der Waals surface area contributed by atoms with Crippen LogP contribution in [0.15, 0.2) is 53.1 Å². The highest BCUT2D eigenvalue weighted by atomic mass is 16.3. The van der Waals surface area contributed by atoms with Crippen LogP contribution in [0.1, 0.15) is 36.4 Å². The first kappa shape index (κ1) is 16.7. The highest BCUT2D eigenvalue weighted by Crippen LogP contribution is 2.02. The summed E-state index contributed by atoms with van der Waals surface area (Å²) in [6, 6.07) is 13.4. The Morgan fingerprint density at radius 1 is 1.10 bits per heavy atom. The number of carbonyl (C=O) groups excluding carboxylic acids is 2. The SMILES string of the molecule is CC(=O)CCc1ccccc1.CCNC(=O)c1ccco1. The molecule has 1 heterocycles. The normalized spacial score (nSPS) is 9.43. The van der Waals surface area contributed by atoms with Gasteiger partial charge in [-0.1, -0.05) is 30.3 Å². The van der Waals surface area contributed by atoms with E-state index in [0.29, 0.717) is 18.7 Å². The van der Waals surface area contributed by atoms with Crippen molar-refractivity contribution in [3.05, 3.63) is 60.1 Å². The Kier molecular flexibility index (Phi) is 7.58. The van der Waals surface area contributed by atoms with Crippen LogP contribution >= 0.6 is 0 Å². The molecular formula is C17H21NO3. The molecule has 0 aliphatic carbocycles. The van der Waals surface area contributed by atoms with Gasteiger partial charge in [0.05, 0.1) is 6.26 Å². The average Bonchev–Trinajstić information content (AvgIpc) is 3.01. The Balaban J connectivity index is 0.000000211. The van der Waals surface area contributed by atoms with Crippen LogP contribution in [0.3, 0.4) is 0 Å². The molecule has 1 aromatic heterocycles. The van der Waals surface area contributed by atoms with Gasteiger partial charge < -0.3 is 14.5 Å². The number of carbonyl (C=O) groups is 2. The first-order valence-electron chi connectivity index (χ1n) is 6.98. The molecule has 4 heteroatoms. The molecule has 2 aromatic rings. The number of ketones is 1. The average molecular weight is 287 g/mol. The molecule has 1 amide bonds. The fraction of sp³-hybridized carbons (Fsp3) is 0.294. The third-order valence-electron chi connectivity index (χ3n) is 2.69. The minimum atomic E-state index is -0.160. The summed E-state index contributed by atoms with van der Waals surface area (Å²) in [6.07, 6.45) is 3.00. The summed E-state index contributed by atoms with van der Waals surface area (Å²) in [5.74, 6) is 0.461. The van der Waals surface area contributed by atoms with Crippen LogP contribution in [-0.2, 0) is 11.2 Å². The highest BCUT2D eigenvalue weighted by molar-refractivity contribution is 5.91. The predicted octanol–water partition coefficient (Wildman–Crippen LogP) is 3.24. The van der Waals surface area contributed by atoms with Gasteiger partial charge in [0.15, 0.2) is 5.76 Å². The quantitative estimate of drug-likeness (QED) is 0.918. The molecule has 0 fully saturated rings. The van der Waals surface area contributed by atoms with Crippen molar-refractivity contribution < 1.29 is 14.0 Å². The number of benzene rings is 1. The largest absolute Gasteiger partial charge is 0.459 e. The summed E-state index contributed by atoms with van der Waals surface area (Å²) < 4.78 is 4.84. The summed E-state index contributed by atoms with van der Waals surface area (Å²) in [5, 5.41) is 2.62. The Bertz CT molecular complexity index is 532. The zero-order valence-corrected chi connectivity index (χ0v) is 12.5. The lowest BCUT2D eigenvalue weighted by atomic mass is 10.1. The van der Waals surface area contributed by atoms with Gasteiger partial charge in [0.25, 0.3) is 5.91 Å². The first-order chi connectivity index (χ1) is 10.1. The van der Waals surface area contributed by atoms with E-state index in [9.17, 15) is 9.59 Å². The summed E-state index contributed by atoms with van der Waals surface area (Å²) in [4.78, 5) is 21.5. The lowest BCUT2D eigenvalue weighted by molar-refractivity contribution is -0.116. The number of nitrogens with one attached hydrogen (secondary N) is 1. The van der Waals surface area contributed by atoms with Crippen LogP contribution in [0.5, 0.6) is 0 Å². The summed E-state index contributed by atoms with van der Waals surface area (Å²) in [5.41, 5.74) is 1.24. The first-order valence-corrected chi connectivity index (χ1v) is 6.98. The van der Waals surface area contributed by atoms with E-state index in [0.717, 1.165) is 6.42 Å². The van der Waals surface area contributed by atoms with Gasteiger partial charge in [-0.2, -0.15) is 0 Å². The minimum Gasteiger partial charge on any atom is -0.459 e. The van der Waals surface area contributed by atoms with E-state index in [1.807, 2.05) is 37.3 Å². The highest BCUT2D eigenvalue weighted by Gasteiger charge is 2.04. The number of amides is 1. The Morgan fingerprint density at radius 3 is 2.33 bits per heavy atom. The summed E-state index contributed by atoms with van der Waals surface area (Å²) >= 11 is 0. The molecule has 1 N–H and O–H groups in total. The van der Waals surface area contributed by atoms with Gasteiger partial charge in [-0.25, -0.2) is 0 Å². The third kappa shape index (κ3) is 7.11. The fourth-order valence-electron chi connectivity index (χ4n) is 1.62. The van der Waals surface area contributed by atoms with Gasteiger partial charge in [0.2, 0.25) is 0 Å². The van der Waals surface area contributed by atoms with Crippen molar-refractivity contribution in [1.82, 2.24) is 5.32 Å². The number of hydrogen-bond donors (Lipinski definition) is 1. The Hall–Kier alpha value is -2.36. The molecule has 2 rings (SSSR count). The van der Waals surface area contributed by atoms with E-state index >= 15 is 0 Å². The molecule has 0 radical (unpaired) electrons. The number of furan rings is 1. The van der Waals surface area contributed by atoms with Gasteiger partial charge in [-0.05, 0) is 38.0 Å². The molecule has 0 atom stereocenters. The molecule has 0 spiro atoms. The molecule has 1 aromatic carbocycles. The molecule has 21 heavy (non-hydrogen) atoms. The predicted molar refractivity (Wildman–Crippen MR) is 82.2 cm³/mol. The Labute approximate surface area is 125 Å². The second kappa shape index (κ2) is 9.53. The lowest BCUT2D eigenvalue weighted by Crippen LogP contribution is -2.21. The maximum Gasteiger partial charge on any atom is 0.286 e. The van der Waals surface area contributed by atoms with Gasteiger partial charge >= 0.3 is 0 Å². The van der Waals surface area contributed by atoms with E-state index in [1.165, 1.54) is 11.8 Å². The number of Topliss-reactive ketones (excluding diaryl/α,β-unsaturated/α-hetero) is 1. The minimum absolute atomic E-state index is 0.160. The lowest BCUT2D eigenvalue weighted by Gasteiger charge is -1.96. The van der Waals surface area contributed by atoms with Gasteiger partial charge in [-0.15, -0.1) is 0 Å². The van der Waals surface area contributed by atoms with E-state index in [2.05, 4.69) is 5.32 Å². The van der Waals surface area contributed by atoms with Crippen LogP contribution in [-0.4, -0.2) is 18.2 Å². The second-order valence-corrected chi connectivity index (χ2v) is 4.52. The van der Waals surface area contributed by atoms with Crippen molar-refractivity contribution >= 4 is 11.7 Å². The standard InChI is InChI=1S/C10H12O.C7H9NO2/c1-9(11)7-8-10-5-3-2-4-6-10;1-2-8-7(9)6-4-3-5-10-6/h2-6H,7-8H2,1H3;3-5H,2H2,1H3,(H,8,9). The van der Waals surface area contributed by atoms with Crippen LogP contribution in [0.2, 0.25) is 0 Å². The summed E-state index contributed by atoms with van der Waals surface area (Å²) in [6.45, 7) is 4.11. The van der Waals surface area contributed by atoms with Crippen molar-refractivity contribution in [2.75, 3.05) is 6.54 Å². The number of aryl methyl sites for hydroxylation is 1. The van der Waals surface area contributed by atoms with Crippen molar-refractivity contribution in [2.24, 2.45) is 0 Å². The molecule has 112 valence electrons. The second-order valence-electron chi connectivity index (χ2n) is 4.52. The van der Waals surface area contributed by atoms with E-state index in [-0.39, 0.29) is 11.7 Å². The molecule has 0 unspecified atom stereocenters. The smallest absolute Gasteiger partial charge is 0.286 e. The van der Waals surface area contributed by atoms with Crippen LogP contribution < -0.4 is 5.32 Å². The Morgan fingerprint density at radius 2 is 1.81 bits per heavy atom. The fourth-order valence-corrected chi connectivity index (χ4v) is 1.62. The molecule has 0 saturated heterocycles. The third-order valence-corrected chi connectivity index (χ3v) is 2.69. The maximum absolute atomic E-state index is 10.9. The monoisotopic (exact) mass is 287 g/mol. The number of hydrogen-bond acceptors (Lipinski definition) is 3. The number of rotatable bonds is 5. The van der Waals surface area contributed by atoms with E-state index in [1.54, 1.807) is 19.1 Å². The zero-order valence-electron chi connectivity index (χ0n) is 12.5. The molecule has 0 aliphatic heterocycles. The van der Waals surface area contributed by atoms with Crippen LogP contribution in [0.25, 0.3) is 0 Å². The zero-order chi connectivity index (χ0) is 15.5. The molecular weight excluding hydrogens is 266 g/mol. The topological polar surface area (TPSA) is 59.3 Å². The van der Waals surface area contributed by atoms with E-state index in [4.69, 9.17) is 4.42 Å². The van der Waals surface area contributed by atoms with Crippen molar-refractivity contribution in [3.8, 4) is 0 Å². The van der Waals surface area contributed by atoms with Crippen LogP contribution in [0.4, 0.5) is 0 Å². The van der Waals surface area contributed by atoms with Crippen LogP contribution in [0, 0.1) is 0 Å². The van der Waals surface area contributed by atoms with Gasteiger partial charge in [0, 0.05) is 13.0 Å². The molecule has 0 saturated carbocycles. The van der Waals surface area contributed by atoms with Gasteiger partial charge in [-0.3, -0.25) is 4.79 Å². The van der Waals surface area contributed by atoms with Crippen molar-refractivity contribution in [3.63, 3.8) is 0 Å². The van der Waals surface area contributed by atoms with E-state index < -0.39 is 0 Å². The van der Waals surface area contributed by atoms with Crippen molar-refractivity contribution in [2.45, 2.75) is 26.7 Å². The molecule has 0 bridgehead atoms.